The van der Waals surface area contributed by atoms with Gasteiger partial charge < -0.3 is 14.2 Å². The number of methoxy groups -OCH3 is 2. The maximum atomic E-state index is 13.1. The zero-order chi connectivity index (χ0) is 24.1. The molecule has 9 nitrogen and oxygen atoms in total. The highest BCUT2D eigenvalue weighted by Gasteiger charge is 2.36. The van der Waals surface area contributed by atoms with Crippen LogP contribution in [0.2, 0.25) is 0 Å². The molecule has 0 aliphatic carbocycles. The van der Waals surface area contributed by atoms with Gasteiger partial charge in [0.25, 0.3) is 11.8 Å². The van der Waals surface area contributed by atoms with Crippen LogP contribution < -0.4 is 24.4 Å². The van der Waals surface area contributed by atoms with Crippen molar-refractivity contribution in [3.63, 3.8) is 0 Å². The molecule has 2 aromatic carbocycles. The number of carbonyl (C=O) groups excluding carboxylic acids is 3. The van der Waals surface area contributed by atoms with E-state index in [-0.39, 0.29) is 5.57 Å². The quantitative estimate of drug-likeness (QED) is 0.427. The molecule has 4 rings (SSSR count). The Hall–Kier alpha value is -4.66. The largest absolute Gasteiger partial charge is 0.497 e. The molecule has 1 aromatic heterocycles. The predicted molar refractivity (Wildman–Crippen MR) is 124 cm³/mol. The molecular weight excluding hydrogens is 438 g/mol. The van der Waals surface area contributed by atoms with Crippen LogP contribution in [-0.4, -0.2) is 37.0 Å². The fourth-order valence-corrected chi connectivity index (χ4v) is 3.32. The molecule has 9 heteroatoms. The summed E-state index contributed by atoms with van der Waals surface area (Å²) in [5.41, 5.74) is 1.58. The number of pyridine rings is 1. The van der Waals surface area contributed by atoms with E-state index in [2.05, 4.69) is 10.3 Å². The van der Waals surface area contributed by atoms with Crippen LogP contribution >= 0.6 is 0 Å². The van der Waals surface area contributed by atoms with Crippen molar-refractivity contribution in [1.29, 1.82) is 0 Å². The molecule has 0 atom stereocenters. The van der Waals surface area contributed by atoms with Gasteiger partial charge in [-0.15, -0.1) is 0 Å². The Kier molecular flexibility index (Phi) is 6.54. The summed E-state index contributed by atoms with van der Waals surface area (Å²) in [5, 5.41) is 2.20. The normalized spacial score (nSPS) is 14.7. The molecule has 3 aromatic rings. The van der Waals surface area contributed by atoms with E-state index < -0.39 is 17.8 Å². The third-order valence-electron chi connectivity index (χ3n) is 5.07. The summed E-state index contributed by atoms with van der Waals surface area (Å²) in [6, 6.07) is 14.2. The van der Waals surface area contributed by atoms with E-state index >= 15 is 0 Å². The van der Waals surface area contributed by atoms with Crippen molar-refractivity contribution in [1.82, 2.24) is 10.3 Å². The number of barbiturate groups is 1. The number of urea groups is 1. The molecule has 0 unspecified atom stereocenters. The molecule has 1 N–H and O–H groups in total. The van der Waals surface area contributed by atoms with Gasteiger partial charge in [0, 0.05) is 12.4 Å². The summed E-state index contributed by atoms with van der Waals surface area (Å²) in [7, 11) is 3.01. The number of amides is 4. The van der Waals surface area contributed by atoms with Gasteiger partial charge in [0.2, 0.25) is 0 Å². The van der Waals surface area contributed by atoms with Gasteiger partial charge in [0.15, 0.2) is 11.5 Å². The van der Waals surface area contributed by atoms with E-state index in [4.69, 9.17) is 14.2 Å². The third kappa shape index (κ3) is 4.73. The van der Waals surface area contributed by atoms with Crippen molar-refractivity contribution < 1.29 is 28.6 Å². The molecule has 4 amide bonds. The second kappa shape index (κ2) is 9.86. The lowest BCUT2D eigenvalue weighted by Gasteiger charge is -2.26. The number of nitrogens with one attached hydrogen (secondary N) is 1. The van der Waals surface area contributed by atoms with E-state index in [1.54, 1.807) is 54.9 Å². The number of nitrogens with zero attached hydrogens (tertiary/aromatic N) is 2. The van der Waals surface area contributed by atoms with Crippen LogP contribution in [0.1, 0.15) is 11.1 Å². The van der Waals surface area contributed by atoms with Gasteiger partial charge in [-0.1, -0.05) is 6.07 Å². The molecule has 0 radical (unpaired) electrons. The number of imide groups is 2. The summed E-state index contributed by atoms with van der Waals surface area (Å²) in [6.45, 7) is 0.319. The van der Waals surface area contributed by atoms with Crippen molar-refractivity contribution in [2.24, 2.45) is 0 Å². The minimum Gasteiger partial charge on any atom is -0.497 e. The summed E-state index contributed by atoms with van der Waals surface area (Å²) in [4.78, 5) is 42.8. The number of hydrogen-bond acceptors (Lipinski definition) is 7. The van der Waals surface area contributed by atoms with Gasteiger partial charge in [-0.25, -0.2) is 9.69 Å². The Morgan fingerprint density at radius 2 is 1.65 bits per heavy atom. The van der Waals surface area contributed by atoms with E-state index in [1.807, 2.05) is 12.1 Å². The lowest BCUT2D eigenvalue weighted by molar-refractivity contribution is -0.122. The zero-order valence-electron chi connectivity index (χ0n) is 18.5. The first-order valence-electron chi connectivity index (χ1n) is 10.3. The summed E-state index contributed by atoms with van der Waals surface area (Å²) < 4.78 is 16.4. The number of aromatic nitrogens is 1. The molecule has 0 spiro atoms. The monoisotopic (exact) mass is 459 g/mol. The fourth-order valence-electron chi connectivity index (χ4n) is 3.32. The van der Waals surface area contributed by atoms with Crippen molar-refractivity contribution in [3.05, 3.63) is 83.7 Å². The van der Waals surface area contributed by atoms with Gasteiger partial charge in [0.1, 0.15) is 17.9 Å². The first kappa shape index (κ1) is 22.5. The SMILES string of the molecule is COc1ccc(N2C(=O)NC(=O)/C(=C/c3ccc(OCc4ccncc4)c(OC)c3)C2=O)cc1. The minimum atomic E-state index is -0.824. The highest BCUT2D eigenvalue weighted by Crippen LogP contribution is 2.30. The highest BCUT2D eigenvalue weighted by molar-refractivity contribution is 6.39. The van der Waals surface area contributed by atoms with Crippen LogP contribution in [0.4, 0.5) is 10.5 Å². The van der Waals surface area contributed by atoms with Crippen LogP contribution in [-0.2, 0) is 16.2 Å². The van der Waals surface area contributed by atoms with E-state index in [1.165, 1.54) is 20.3 Å². The molecule has 1 aliphatic rings. The molecule has 0 saturated carbocycles. The van der Waals surface area contributed by atoms with Crippen molar-refractivity contribution in [2.45, 2.75) is 6.61 Å². The predicted octanol–water partition coefficient (Wildman–Crippen LogP) is 3.34. The molecule has 1 saturated heterocycles. The van der Waals surface area contributed by atoms with Crippen molar-refractivity contribution in [3.8, 4) is 17.2 Å². The number of anilines is 1. The average Bonchev–Trinajstić information content (AvgIpc) is 2.86. The van der Waals surface area contributed by atoms with Crippen LogP contribution in [0.25, 0.3) is 6.08 Å². The maximum Gasteiger partial charge on any atom is 0.335 e. The molecular formula is C25H21N3O6. The standard InChI is InChI=1S/C25H21N3O6/c1-32-19-6-4-18(5-7-19)28-24(30)20(23(29)27-25(28)31)13-17-3-8-21(22(14-17)33-2)34-15-16-9-11-26-12-10-16/h3-14H,15H2,1-2H3,(H,27,29,31)/b20-13-. The molecule has 1 fully saturated rings. The Balaban J connectivity index is 1.59. The zero-order valence-corrected chi connectivity index (χ0v) is 18.5. The summed E-state index contributed by atoms with van der Waals surface area (Å²) >= 11 is 0. The molecule has 34 heavy (non-hydrogen) atoms. The van der Waals surface area contributed by atoms with Gasteiger partial charge in [-0.2, -0.15) is 0 Å². The van der Waals surface area contributed by atoms with Crippen LogP contribution in [0.5, 0.6) is 17.2 Å². The number of rotatable bonds is 7. The van der Waals surface area contributed by atoms with E-state index in [0.717, 1.165) is 10.5 Å². The summed E-state index contributed by atoms with van der Waals surface area (Å²) in [5.74, 6) is -0.0301. The number of ether oxygens (including phenoxy) is 3. The number of carbonyl (C=O) groups is 3. The molecule has 172 valence electrons. The number of hydrogen-bond donors (Lipinski definition) is 1. The van der Waals surface area contributed by atoms with Crippen molar-refractivity contribution >= 4 is 29.6 Å². The van der Waals surface area contributed by atoms with Gasteiger partial charge in [-0.3, -0.25) is 19.9 Å². The Morgan fingerprint density at radius 3 is 2.32 bits per heavy atom. The number of benzene rings is 2. The average molecular weight is 459 g/mol. The minimum absolute atomic E-state index is 0.192. The van der Waals surface area contributed by atoms with Crippen LogP contribution in [0, 0.1) is 0 Å². The second-order valence-corrected chi connectivity index (χ2v) is 7.21. The Morgan fingerprint density at radius 1 is 0.912 bits per heavy atom. The van der Waals surface area contributed by atoms with Gasteiger partial charge in [0.05, 0.1) is 19.9 Å². The van der Waals surface area contributed by atoms with E-state index in [9.17, 15) is 14.4 Å². The highest BCUT2D eigenvalue weighted by atomic mass is 16.5. The Bertz CT molecular complexity index is 1260. The van der Waals surface area contributed by atoms with E-state index in [0.29, 0.717) is 35.1 Å². The smallest absolute Gasteiger partial charge is 0.335 e. The Labute approximate surface area is 195 Å². The van der Waals surface area contributed by atoms with Crippen LogP contribution in [0.15, 0.2) is 72.6 Å². The second-order valence-electron chi connectivity index (χ2n) is 7.21. The van der Waals surface area contributed by atoms with Gasteiger partial charge in [-0.05, 0) is 65.7 Å². The maximum absolute atomic E-state index is 13.1. The first-order chi connectivity index (χ1) is 16.5. The lowest BCUT2D eigenvalue weighted by Crippen LogP contribution is -2.54. The topological polar surface area (TPSA) is 107 Å². The third-order valence-corrected chi connectivity index (χ3v) is 5.07. The first-order valence-corrected chi connectivity index (χ1v) is 10.3. The van der Waals surface area contributed by atoms with Gasteiger partial charge >= 0.3 is 6.03 Å². The van der Waals surface area contributed by atoms with Crippen molar-refractivity contribution in [2.75, 3.05) is 19.1 Å². The fraction of sp³-hybridized carbons (Fsp3) is 0.120. The summed E-state index contributed by atoms with van der Waals surface area (Å²) in [6.07, 6.45) is 4.75. The molecule has 0 bridgehead atoms. The van der Waals surface area contributed by atoms with Crippen LogP contribution in [0.3, 0.4) is 0 Å². The molecule has 1 aliphatic heterocycles. The lowest BCUT2D eigenvalue weighted by atomic mass is 10.1. The molecule has 2 heterocycles.